The fourth-order valence-electron chi connectivity index (χ4n) is 1.37. The van der Waals surface area contributed by atoms with E-state index in [1.807, 2.05) is 0 Å². The van der Waals surface area contributed by atoms with Crippen LogP contribution in [0.1, 0.15) is 13.3 Å². The number of hydrogen-bond acceptors (Lipinski definition) is 4. The molecule has 0 aromatic rings. The lowest BCUT2D eigenvalue weighted by Crippen LogP contribution is -2.45. The largest absolute Gasteiger partial charge is 0.351 e. The number of carbonyl (C=O) groups is 1. The fourth-order valence-corrected chi connectivity index (χ4v) is 3.04. The Kier molecular flexibility index (Phi) is 3.49. The quantitative estimate of drug-likeness (QED) is 0.633. The maximum Gasteiger partial charge on any atom is 0.237 e. The molecule has 1 amide bonds. The zero-order chi connectivity index (χ0) is 10.8. The normalized spacial score (nSPS) is 27.1. The molecule has 6 heteroatoms. The van der Waals surface area contributed by atoms with Crippen molar-refractivity contribution in [2.45, 2.75) is 25.4 Å². The zero-order valence-corrected chi connectivity index (χ0v) is 9.23. The summed E-state index contributed by atoms with van der Waals surface area (Å²) in [5, 5.41) is 5.50. The van der Waals surface area contributed by atoms with Crippen molar-refractivity contribution in [3.63, 3.8) is 0 Å². The standard InChI is InChI=1S/C8H16N2O3S/c1-6(9-2)8(11)10-7-3-4-14(12,13)5-7/h6-7,9H,3-5H2,1-2H3,(H,10,11). The highest BCUT2D eigenvalue weighted by atomic mass is 32.2. The molecule has 1 heterocycles. The maximum absolute atomic E-state index is 11.4. The Balaban J connectivity index is 2.44. The minimum Gasteiger partial charge on any atom is -0.351 e. The molecular weight excluding hydrogens is 204 g/mol. The second-order valence-corrected chi connectivity index (χ2v) is 5.85. The van der Waals surface area contributed by atoms with Crippen molar-refractivity contribution in [3.05, 3.63) is 0 Å². The molecule has 1 saturated heterocycles. The predicted octanol–water partition coefficient (Wildman–Crippen LogP) is -1.10. The van der Waals surface area contributed by atoms with Crippen LogP contribution < -0.4 is 10.6 Å². The molecule has 1 aliphatic rings. The van der Waals surface area contributed by atoms with E-state index in [1.54, 1.807) is 14.0 Å². The average Bonchev–Trinajstić information content (AvgIpc) is 2.44. The van der Waals surface area contributed by atoms with Crippen LogP contribution in [0.4, 0.5) is 0 Å². The van der Waals surface area contributed by atoms with Gasteiger partial charge in [0.25, 0.3) is 0 Å². The summed E-state index contributed by atoms with van der Waals surface area (Å²) in [6.45, 7) is 1.73. The minimum atomic E-state index is -2.91. The summed E-state index contributed by atoms with van der Waals surface area (Å²) < 4.78 is 22.2. The first-order valence-electron chi connectivity index (χ1n) is 4.62. The van der Waals surface area contributed by atoms with Crippen LogP contribution >= 0.6 is 0 Å². The number of likely N-dealkylation sites (N-methyl/N-ethyl adjacent to an activating group) is 1. The Labute approximate surface area is 84.2 Å². The minimum absolute atomic E-state index is 0.0785. The van der Waals surface area contributed by atoms with Crippen LogP contribution in [0, 0.1) is 0 Å². The third-order valence-electron chi connectivity index (χ3n) is 2.41. The molecule has 1 rings (SSSR count). The van der Waals surface area contributed by atoms with Crippen LogP contribution in [-0.4, -0.2) is 45.0 Å². The van der Waals surface area contributed by atoms with Crippen molar-refractivity contribution in [2.75, 3.05) is 18.6 Å². The van der Waals surface area contributed by atoms with Crippen LogP contribution in [0.25, 0.3) is 0 Å². The third-order valence-corrected chi connectivity index (χ3v) is 4.17. The first-order valence-corrected chi connectivity index (χ1v) is 6.45. The molecule has 0 aliphatic carbocycles. The van der Waals surface area contributed by atoms with Crippen molar-refractivity contribution < 1.29 is 13.2 Å². The van der Waals surface area contributed by atoms with E-state index in [4.69, 9.17) is 0 Å². The Hall–Kier alpha value is -0.620. The van der Waals surface area contributed by atoms with Gasteiger partial charge >= 0.3 is 0 Å². The molecule has 0 aromatic heterocycles. The lowest BCUT2D eigenvalue weighted by Gasteiger charge is -2.14. The second-order valence-electron chi connectivity index (χ2n) is 3.62. The van der Waals surface area contributed by atoms with Crippen molar-refractivity contribution in [2.24, 2.45) is 0 Å². The van der Waals surface area contributed by atoms with Gasteiger partial charge in [0.05, 0.1) is 17.5 Å². The van der Waals surface area contributed by atoms with Crippen LogP contribution in [-0.2, 0) is 14.6 Å². The van der Waals surface area contributed by atoms with Gasteiger partial charge in [-0.05, 0) is 20.4 Å². The number of hydrogen-bond donors (Lipinski definition) is 2. The highest BCUT2D eigenvalue weighted by Gasteiger charge is 2.29. The first-order chi connectivity index (χ1) is 6.44. The van der Waals surface area contributed by atoms with Gasteiger partial charge in [-0.15, -0.1) is 0 Å². The zero-order valence-electron chi connectivity index (χ0n) is 8.41. The van der Waals surface area contributed by atoms with Gasteiger partial charge in [0, 0.05) is 6.04 Å². The Morgan fingerprint density at radius 3 is 2.57 bits per heavy atom. The van der Waals surface area contributed by atoms with Gasteiger partial charge in [0.2, 0.25) is 5.91 Å². The lowest BCUT2D eigenvalue weighted by molar-refractivity contribution is -0.123. The van der Waals surface area contributed by atoms with Crippen molar-refractivity contribution in [3.8, 4) is 0 Å². The van der Waals surface area contributed by atoms with Gasteiger partial charge in [0.15, 0.2) is 9.84 Å². The molecule has 82 valence electrons. The van der Waals surface area contributed by atoms with E-state index in [9.17, 15) is 13.2 Å². The Bertz CT molecular complexity index is 313. The highest BCUT2D eigenvalue weighted by Crippen LogP contribution is 2.11. The van der Waals surface area contributed by atoms with Gasteiger partial charge in [-0.25, -0.2) is 8.42 Å². The van der Waals surface area contributed by atoms with Crippen molar-refractivity contribution >= 4 is 15.7 Å². The van der Waals surface area contributed by atoms with E-state index in [1.165, 1.54) is 0 Å². The van der Waals surface area contributed by atoms with Gasteiger partial charge in [-0.2, -0.15) is 0 Å². The number of sulfone groups is 1. The Morgan fingerprint density at radius 1 is 1.50 bits per heavy atom. The second kappa shape index (κ2) is 4.27. The number of carbonyl (C=O) groups excluding carboxylic acids is 1. The van der Waals surface area contributed by atoms with E-state index in [-0.39, 0.29) is 29.5 Å². The van der Waals surface area contributed by atoms with E-state index in [2.05, 4.69) is 10.6 Å². The summed E-state index contributed by atoms with van der Waals surface area (Å²) in [7, 11) is -1.22. The molecule has 5 nitrogen and oxygen atoms in total. The lowest BCUT2D eigenvalue weighted by atomic mass is 10.2. The molecule has 0 bridgehead atoms. The van der Waals surface area contributed by atoms with E-state index < -0.39 is 9.84 Å². The fraction of sp³-hybridized carbons (Fsp3) is 0.875. The molecule has 2 unspecified atom stereocenters. The van der Waals surface area contributed by atoms with E-state index in [0.717, 1.165) is 0 Å². The van der Waals surface area contributed by atoms with Crippen molar-refractivity contribution in [1.82, 2.24) is 10.6 Å². The maximum atomic E-state index is 11.4. The monoisotopic (exact) mass is 220 g/mol. The smallest absolute Gasteiger partial charge is 0.237 e. The summed E-state index contributed by atoms with van der Waals surface area (Å²) >= 11 is 0. The number of nitrogens with one attached hydrogen (secondary N) is 2. The number of amides is 1. The molecule has 2 N–H and O–H groups in total. The van der Waals surface area contributed by atoms with Gasteiger partial charge in [-0.1, -0.05) is 0 Å². The first kappa shape index (κ1) is 11.5. The summed E-state index contributed by atoms with van der Waals surface area (Å²) in [4.78, 5) is 11.4. The van der Waals surface area contributed by atoms with Crippen molar-refractivity contribution in [1.29, 1.82) is 0 Å². The molecule has 0 radical (unpaired) electrons. The molecule has 2 atom stereocenters. The van der Waals surface area contributed by atoms with Crippen LogP contribution in [0.3, 0.4) is 0 Å². The van der Waals surface area contributed by atoms with Crippen LogP contribution in [0.2, 0.25) is 0 Å². The third kappa shape index (κ3) is 2.95. The molecule has 1 fully saturated rings. The number of rotatable bonds is 3. The highest BCUT2D eigenvalue weighted by molar-refractivity contribution is 7.91. The topological polar surface area (TPSA) is 75.3 Å². The summed E-state index contributed by atoms with van der Waals surface area (Å²) in [5.41, 5.74) is 0. The summed E-state index contributed by atoms with van der Waals surface area (Å²) in [6.07, 6.45) is 0.532. The molecule has 0 aromatic carbocycles. The van der Waals surface area contributed by atoms with Gasteiger partial charge in [0.1, 0.15) is 0 Å². The van der Waals surface area contributed by atoms with Gasteiger partial charge < -0.3 is 10.6 Å². The van der Waals surface area contributed by atoms with E-state index >= 15 is 0 Å². The average molecular weight is 220 g/mol. The Morgan fingerprint density at radius 2 is 2.14 bits per heavy atom. The predicted molar refractivity (Wildman–Crippen MR) is 53.7 cm³/mol. The molecule has 0 saturated carbocycles. The van der Waals surface area contributed by atoms with E-state index in [0.29, 0.717) is 6.42 Å². The summed E-state index contributed by atoms with van der Waals surface area (Å²) in [6, 6.07) is -0.485. The van der Waals surface area contributed by atoms with Gasteiger partial charge in [-0.3, -0.25) is 4.79 Å². The SMILES string of the molecule is CNC(C)C(=O)NC1CCS(=O)(=O)C1. The molecule has 1 aliphatic heterocycles. The van der Waals surface area contributed by atoms with Crippen LogP contribution in [0.5, 0.6) is 0 Å². The van der Waals surface area contributed by atoms with Crippen LogP contribution in [0.15, 0.2) is 0 Å². The summed E-state index contributed by atoms with van der Waals surface area (Å²) in [5.74, 6) is 0.121. The molecular formula is C8H16N2O3S. The molecule has 14 heavy (non-hydrogen) atoms. The molecule has 0 spiro atoms.